The van der Waals surface area contributed by atoms with E-state index in [-0.39, 0.29) is 10.5 Å². The van der Waals surface area contributed by atoms with E-state index in [4.69, 9.17) is 0 Å². The van der Waals surface area contributed by atoms with Crippen LogP contribution in [0.4, 0.5) is 0 Å². The van der Waals surface area contributed by atoms with E-state index in [1.54, 1.807) is 25.1 Å². The molecule has 0 saturated carbocycles. The molecule has 102 valence electrons. The Morgan fingerprint density at radius 2 is 2.00 bits per heavy atom. The molecule has 0 spiro atoms. The van der Waals surface area contributed by atoms with Crippen molar-refractivity contribution in [2.24, 2.45) is 0 Å². The third kappa shape index (κ3) is 4.06. The van der Waals surface area contributed by atoms with Crippen molar-refractivity contribution in [3.8, 4) is 0 Å². The molecule has 0 fully saturated rings. The van der Waals surface area contributed by atoms with E-state index in [1.807, 2.05) is 0 Å². The van der Waals surface area contributed by atoms with Gasteiger partial charge in [-0.15, -0.1) is 0 Å². The second-order valence-electron chi connectivity index (χ2n) is 4.20. The Labute approximate surface area is 113 Å². The zero-order valence-corrected chi connectivity index (χ0v) is 12.0. The molecule has 0 radical (unpaired) electrons. The van der Waals surface area contributed by atoms with Crippen molar-refractivity contribution in [1.82, 2.24) is 0 Å². The Bertz CT molecular complexity index is 639. The topological polar surface area (TPSA) is 60.4 Å². The van der Waals surface area contributed by atoms with Crippen LogP contribution in [0.15, 0.2) is 41.3 Å². The summed E-state index contributed by atoms with van der Waals surface area (Å²) in [5.41, 5.74) is 1.52. The van der Waals surface area contributed by atoms with E-state index in [0.29, 0.717) is 5.56 Å². The van der Waals surface area contributed by atoms with Gasteiger partial charge in [0.1, 0.15) is 0 Å². The monoisotopic (exact) mass is 280 g/mol. The fourth-order valence-electron chi connectivity index (χ4n) is 1.47. The summed E-state index contributed by atoms with van der Waals surface area (Å²) in [7, 11) is -2.19. The lowest BCUT2D eigenvalue weighted by Gasteiger charge is -2.06. The number of carbonyl (C=O) groups excluding carboxylic acids is 1. The molecule has 5 heteroatoms. The molecule has 0 aliphatic heterocycles. The standard InChI is InChI=1S/C14H16O4S/c1-10(2)5-6-11-7-8-12(14(15)18-3)9-13(11)19(4,16)17/h5-9H,1H2,2-4H3. The molecule has 19 heavy (non-hydrogen) atoms. The van der Waals surface area contributed by atoms with Gasteiger partial charge in [0.2, 0.25) is 0 Å². The fourth-order valence-corrected chi connectivity index (χ4v) is 2.38. The van der Waals surface area contributed by atoms with Crippen molar-refractivity contribution in [3.05, 3.63) is 47.6 Å². The largest absolute Gasteiger partial charge is 0.465 e. The predicted octanol–water partition coefficient (Wildman–Crippen LogP) is 2.47. The minimum atomic E-state index is -3.43. The molecule has 0 heterocycles. The summed E-state index contributed by atoms with van der Waals surface area (Å²) < 4.78 is 28.1. The summed E-state index contributed by atoms with van der Waals surface area (Å²) in [6.45, 7) is 5.52. The number of benzene rings is 1. The Morgan fingerprint density at radius 1 is 1.37 bits per heavy atom. The Kier molecular flexibility index (Phi) is 4.67. The molecule has 0 aliphatic rings. The summed E-state index contributed by atoms with van der Waals surface area (Å²) in [4.78, 5) is 11.5. The second kappa shape index (κ2) is 5.84. The van der Waals surface area contributed by atoms with Crippen LogP contribution in [-0.2, 0) is 14.6 Å². The molecule has 0 N–H and O–H groups in total. The average Bonchev–Trinajstić information content (AvgIpc) is 2.34. The number of esters is 1. The lowest BCUT2D eigenvalue weighted by Crippen LogP contribution is -2.06. The minimum Gasteiger partial charge on any atom is -0.465 e. The van der Waals surface area contributed by atoms with Gasteiger partial charge < -0.3 is 4.74 Å². The van der Waals surface area contributed by atoms with Gasteiger partial charge in [0.05, 0.1) is 17.6 Å². The molecule has 0 bridgehead atoms. The highest BCUT2D eigenvalue weighted by Gasteiger charge is 2.15. The molecule has 1 aromatic carbocycles. The molecule has 0 aliphatic carbocycles. The molecule has 0 amide bonds. The van der Waals surface area contributed by atoms with Crippen LogP contribution in [-0.4, -0.2) is 27.8 Å². The maximum Gasteiger partial charge on any atom is 0.337 e. The zero-order chi connectivity index (χ0) is 14.6. The van der Waals surface area contributed by atoms with E-state index in [0.717, 1.165) is 11.8 Å². The number of carbonyl (C=O) groups is 1. The maximum atomic E-state index is 11.8. The quantitative estimate of drug-likeness (QED) is 0.628. The molecular weight excluding hydrogens is 264 g/mol. The van der Waals surface area contributed by atoms with Gasteiger partial charge in [-0.05, 0) is 24.6 Å². The third-order valence-electron chi connectivity index (χ3n) is 2.38. The summed E-state index contributed by atoms with van der Waals surface area (Å²) >= 11 is 0. The first-order valence-electron chi connectivity index (χ1n) is 5.51. The number of sulfone groups is 1. The number of methoxy groups -OCH3 is 1. The number of ether oxygens (including phenoxy) is 1. The van der Waals surface area contributed by atoms with Gasteiger partial charge in [-0.3, -0.25) is 0 Å². The van der Waals surface area contributed by atoms with Crippen LogP contribution in [0.25, 0.3) is 6.08 Å². The van der Waals surface area contributed by atoms with E-state index in [1.165, 1.54) is 19.2 Å². The minimum absolute atomic E-state index is 0.0906. The van der Waals surface area contributed by atoms with Crippen LogP contribution in [0.3, 0.4) is 0 Å². The summed E-state index contributed by atoms with van der Waals surface area (Å²) in [6.07, 6.45) is 4.46. The summed E-state index contributed by atoms with van der Waals surface area (Å²) in [5.74, 6) is -0.569. The van der Waals surface area contributed by atoms with E-state index in [9.17, 15) is 13.2 Å². The van der Waals surface area contributed by atoms with Crippen LogP contribution in [0, 0.1) is 0 Å². The highest BCUT2D eigenvalue weighted by molar-refractivity contribution is 7.90. The first kappa shape index (κ1) is 15.2. The second-order valence-corrected chi connectivity index (χ2v) is 6.18. The van der Waals surface area contributed by atoms with Gasteiger partial charge >= 0.3 is 5.97 Å². The molecule has 4 nitrogen and oxygen atoms in total. The van der Waals surface area contributed by atoms with Crippen molar-refractivity contribution in [3.63, 3.8) is 0 Å². The van der Waals surface area contributed by atoms with Gasteiger partial charge in [-0.25, -0.2) is 13.2 Å². The van der Waals surface area contributed by atoms with E-state index >= 15 is 0 Å². The van der Waals surface area contributed by atoms with E-state index in [2.05, 4.69) is 11.3 Å². The molecule has 1 aromatic rings. The van der Waals surface area contributed by atoms with Crippen molar-refractivity contribution in [2.75, 3.05) is 13.4 Å². The SMILES string of the molecule is C=C(C)C=Cc1ccc(C(=O)OC)cc1S(C)(=O)=O. The van der Waals surface area contributed by atoms with Gasteiger partial charge in [-0.1, -0.05) is 30.4 Å². The van der Waals surface area contributed by atoms with Crippen molar-refractivity contribution < 1.29 is 17.9 Å². The number of hydrogen-bond acceptors (Lipinski definition) is 4. The summed E-state index contributed by atoms with van der Waals surface area (Å²) in [6, 6.07) is 4.42. The molecule has 0 saturated heterocycles. The Morgan fingerprint density at radius 3 is 2.47 bits per heavy atom. The Balaban J connectivity index is 3.42. The van der Waals surface area contributed by atoms with Gasteiger partial charge in [-0.2, -0.15) is 0 Å². The van der Waals surface area contributed by atoms with Crippen LogP contribution in [0.2, 0.25) is 0 Å². The van der Waals surface area contributed by atoms with Gasteiger partial charge in [0, 0.05) is 6.26 Å². The van der Waals surface area contributed by atoms with Gasteiger partial charge in [0.15, 0.2) is 9.84 Å². The van der Waals surface area contributed by atoms with Crippen molar-refractivity contribution in [1.29, 1.82) is 0 Å². The first-order chi connectivity index (χ1) is 8.75. The van der Waals surface area contributed by atoms with Crippen LogP contribution >= 0.6 is 0 Å². The molecule has 0 atom stereocenters. The normalized spacial score (nSPS) is 11.5. The average molecular weight is 280 g/mol. The lowest BCUT2D eigenvalue weighted by molar-refractivity contribution is 0.0600. The molecule has 0 aromatic heterocycles. The third-order valence-corrected chi connectivity index (χ3v) is 3.53. The predicted molar refractivity (Wildman–Crippen MR) is 74.7 cm³/mol. The van der Waals surface area contributed by atoms with Crippen LogP contribution in [0.5, 0.6) is 0 Å². The maximum absolute atomic E-state index is 11.8. The number of hydrogen-bond donors (Lipinski definition) is 0. The van der Waals surface area contributed by atoms with Crippen molar-refractivity contribution in [2.45, 2.75) is 11.8 Å². The van der Waals surface area contributed by atoms with Crippen molar-refractivity contribution >= 4 is 21.9 Å². The lowest BCUT2D eigenvalue weighted by atomic mass is 10.1. The van der Waals surface area contributed by atoms with Crippen LogP contribution < -0.4 is 0 Å². The van der Waals surface area contributed by atoms with Gasteiger partial charge in [0.25, 0.3) is 0 Å². The number of allylic oxidation sites excluding steroid dienone is 2. The van der Waals surface area contributed by atoms with E-state index < -0.39 is 15.8 Å². The fraction of sp³-hybridized carbons (Fsp3) is 0.214. The highest BCUT2D eigenvalue weighted by Crippen LogP contribution is 2.20. The molecule has 0 unspecified atom stereocenters. The molecule has 1 rings (SSSR count). The van der Waals surface area contributed by atoms with Crippen LogP contribution in [0.1, 0.15) is 22.8 Å². The smallest absolute Gasteiger partial charge is 0.337 e. The summed E-state index contributed by atoms with van der Waals surface area (Å²) in [5, 5.41) is 0. The zero-order valence-electron chi connectivity index (χ0n) is 11.1. The highest BCUT2D eigenvalue weighted by atomic mass is 32.2. The number of rotatable bonds is 4. The molecular formula is C14H16O4S. The first-order valence-corrected chi connectivity index (χ1v) is 7.41. The Hall–Kier alpha value is -1.88.